The van der Waals surface area contributed by atoms with Crippen molar-refractivity contribution in [3.63, 3.8) is 0 Å². The van der Waals surface area contributed by atoms with Crippen molar-refractivity contribution in [2.75, 3.05) is 35.6 Å². The van der Waals surface area contributed by atoms with Crippen LogP contribution in [0.5, 0.6) is 5.88 Å². The summed E-state index contributed by atoms with van der Waals surface area (Å²) in [5, 5.41) is 92.1. The molecule has 0 bridgehead atoms. The monoisotopic (exact) mass is 820 g/mol. The molecule has 0 fully saturated rings. The molecule has 9 N–H and O–H groups in total. The van der Waals surface area contributed by atoms with E-state index < -0.39 is 46.4 Å². The molecule has 0 aliphatic carbocycles. The maximum Gasteiger partial charge on any atom is 0.335 e. The summed E-state index contributed by atoms with van der Waals surface area (Å²) < 4.78 is 0.837. The first-order chi connectivity index (χ1) is 28.6. The van der Waals surface area contributed by atoms with E-state index in [1.807, 2.05) is 6.07 Å². The molecule has 3 aromatic carbocycles. The van der Waals surface area contributed by atoms with Crippen LogP contribution in [0.15, 0.2) is 79.8 Å². The Balaban J connectivity index is 1.37. The Labute approximate surface area is 336 Å². The van der Waals surface area contributed by atoms with Gasteiger partial charge < -0.3 is 46.6 Å². The lowest BCUT2D eigenvalue weighted by atomic mass is 10.1. The fourth-order valence-electron chi connectivity index (χ4n) is 5.33. The number of carboxylic acid groups (broad SMARTS) is 4. The standard InChI is InChI=1S/C37H32N12O11/c1-17-9-23(3-4-27(17)47-45-24-12-19(31(53)54)10-20(13-24)32(55)56)41-37-43-35(42-36(44-37)40-6-8-50)39-5-7-49-29(51)26(16-38)18(2)28(30(49)52)48-46-25-14-21(33(57)58)11-22(15-25)34(59)60/h3-4,9-15,50-51H,5-8H2,1-2H3,(H,53,54)(H,55,56)(H,57,58)(H,59,60)(H3,39,40,41,42,43,44). The van der Waals surface area contributed by atoms with E-state index in [1.165, 1.54) is 19.1 Å². The number of aliphatic hydroxyl groups excluding tert-OH is 1. The average molecular weight is 821 g/mol. The molecule has 0 unspecified atom stereocenters. The number of nitrogens with one attached hydrogen (secondary N) is 3. The van der Waals surface area contributed by atoms with Gasteiger partial charge in [0.1, 0.15) is 11.6 Å². The van der Waals surface area contributed by atoms with Gasteiger partial charge in [0, 0.05) is 30.9 Å². The van der Waals surface area contributed by atoms with Crippen molar-refractivity contribution in [1.29, 1.82) is 5.26 Å². The largest absolute Gasteiger partial charge is 0.493 e. The van der Waals surface area contributed by atoms with Crippen LogP contribution in [-0.4, -0.2) is 93.7 Å². The molecule has 60 heavy (non-hydrogen) atoms. The Morgan fingerprint density at radius 2 is 1.22 bits per heavy atom. The van der Waals surface area contributed by atoms with Gasteiger partial charge >= 0.3 is 23.9 Å². The number of aryl methyl sites for hydroxylation is 1. The third kappa shape index (κ3) is 10.2. The summed E-state index contributed by atoms with van der Waals surface area (Å²) in [6, 6.07) is 13.0. The van der Waals surface area contributed by atoms with Crippen molar-refractivity contribution in [3.05, 3.63) is 104 Å². The molecule has 0 radical (unpaired) electrons. The zero-order valence-corrected chi connectivity index (χ0v) is 31.3. The van der Waals surface area contributed by atoms with Gasteiger partial charge in [-0.25, -0.2) is 19.2 Å². The maximum atomic E-state index is 13.5. The van der Waals surface area contributed by atoms with E-state index in [9.17, 15) is 59.9 Å². The average Bonchev–Trinajstić information content (AvgIpc) is 3.20. The normalized spacial score (nSPS) is 11.0. The van der Waals surface area contributed by atoms with Gasteiger partial charge in [0.2, 0.25) is 23.7 Å². The van der Waals surface area contributed by atoms with Crippen LogP contribution in [0.2, 0.25) is 0 Å². The second kappa shape index (κ2) is 18.5. The molecule has 5 aromatic rings. The van der Waals surface area contributed by atoms with Gasteiger partial charge in [0.05, 0.1) is 45.9 Å². The molecule has 0 aliphatic heterocycles. The number of aromatic nitrogens is 4. The molecular formula is C37H32N12O11. The first-order valence-electron chi connectivity index (χ1n) is 17.2. The summed E-state index contributed by atoms with van der Waals surface area (Å²) in [6.07, 6.45) is 0. The number of rotatable bonds is 17. The lowest BCUT2D eigenvalue weighted by Crippen LogP contribution is -2.25. The number of carbonyl (C=O) groups is 4. The SMILES string of the molecule is Cc1cc(Nc2nc(NCCO)nc(NCCn3c(O)c(C#N)c(C)c(N=Nc4cc(C(=O)O)cc(C(=O)O)c4)c3=O)n2)ccc1N=Nc1cc(C(=O)O)cc(C(=O)O)c1. The molecule has 2 aromatic heterocycles. The van der Waals surface area contributed by atoms with E-state index in [-0.39, 0.29) is 83.4 Å². The van der Waals surface area contributed by atoms with Crippen molar-refractivity contribution < 1.29 is 49.8 Å². The third-order valence-corrected chi connectivity index (χ3v) is 8.23. The minimum Gasteiger partial charge on any atom is -0.493 e. The highest BCUT2D eigenvalue weighted by molar-refractivity contribution is 5.96. The van der Waals surface area contributed by atoms with E-state index in [4.69, 9.17) is 0 Å². The number of anilines is 4. The lowest BCUT2D eigenvalue weighted by molar-refractivity contribution is 0.0676. The number of hydrogen-bond acceptors (Lipinski definition) is 18. The van der Waals surface area contributed by atoms with Crippen molar-refractivity contribution in [3.8, 4) is 11.9 Å². The van der Waals surface area contributed by atoms with Gasteiger partial charge in [0.15, 0.2) is 5.69 Å². The third-order valence-electron chi connectivity index (χ3n) is 8.23. The molecule has 23 heteroatoms. The van der Waals surface area contributed by atoms with Crippen LogP contribution in [0.25, 0.3) is 0 Å². The van der Waals surface area contributed by atoms with Gasteiger partial charge in [-0.05, 0) is 74.0 Å². The van der Waals surface area contributed by atoms with Crippen molar-refractivity contribution in [2.45, 2.75) is 20.4 Å². The molecule has 5 rings (SSSR count). The van der Waals surface area contributed by atoms with Crippen LogP contribution in [0, 0.1) is 25.2 Å². The predicted octanol–water partition coefficient (Wildman–Crippen LogP) is 5.11. The number of hydrogen-bond donors (Lipinski definition) is 9. The molecule has 0 aliphatic rings. The Hall–Kier alpha value is -8.65. The molecule has 306 valence electrons. The Morgan fingerprint density at radius 1 is 0.717 bits per heavy atom. The number of carboxylic acids is 4. The molecular weight excluding hydrogens is 788 g/mol. The van der Waals surface area contributed by atoms with Crippen LogP contribution < -0.4 is 21.5 Å². The molecule has 2 heterocycles. The number of nitrogens with zero attached hydrogens (tertiary/aromatic N) is 9. The van der Waals surface area contributed by atoms with E-state index in [0.717, 1.165) is 28.8 Å². The highest BCUT2D eigenvalue weighted by atomic mass is 16.4. The minimum atomic E-state index is -1.43. The number of pyridine rings is 1. The molecule has 0 amide bonds. The van der Waals surface area contributed by atoms with Crippen LogP contribution in [-0.2, 0) is 6.54 Å². The Bertz CT molecular complexity index is 2640. The lowest BCUT2D eigenvalue weighted by Gasteiger charge is -2.14. The van der Waals surface area contributed by atoms with E-state index >= 15 is 0 Å². The zero-order valence-electron chi connectivity index (χ0n) is 31.3. The second-order valence-corrected chi connectivity index (χ2v) is 12.4. The van der Waals surface area contributed by atoms with E-state index in [0.29, 0.717) is 16.9 Å². The molecule has 0 saturated heterocycles. The van der Waals surface area contributed by atoms with E-state index in [1.54, 1.807) is 25.1 Å². The highest BCUT2D eigenvalue weighted by Crippen LogP contribution is 2.29. The predicted molar refractivity (Wildman–Crippen MR) is 209 cm³/mol. The minimum absolute atomic E-state index is 0.0132. The van der Waals surface area contributed by atoms with Gasteiger partial charge in [-0.3, -0.25) is 9.36 Å². The summed E-state index contributed by atoms with van der Waals surface area (Å²) in [6.45, 7) is 2.47. The number of nitriles is 1. The summed E-state index contributed by atoms with van der Waals surface area (Å²) >= 11 is 0. The number of aromatic hydroxyl groups is 1. The topological polar surface area (TPSA) is 360 Å². The van der Waals surface area contributed by atoms with E-state index in [2.05, 4.69) is 51.4 Å². The maximum absolute atomic E-state index is 13.5. The molecule has 0 spiro atoms. The Kier molecular flexibility index (Phi) is 13.1. The summed E-state index contributed by atoms with van der Waals surface area (Å²) in [5.74, 6) is -6.15. The smallest absolute Gasteiger partial charge is 0.335 e. The van der Waals surface area contributed by atoms with Crippen LogP contribution in [0.3, 0.4) is 0 Å². The van der Waals surface area contributed by atoms with Gasteiger partial charge in [0.25, 0.3) is 5.56 Å². The fourth-order valence-corrected chi connectivity index (χ4v) is 5.33. The second-order valence-electron chi connectivity index (χ2n) is 12.4. The zero-order chi connectivity index (χ0) is 43.7. The van der Waals surface area contributed by atoms with Gasteiger partial charge in [-0.2, -0.15) is 35.6 Å². The van der Waals surface area contributed by atoms with Gasteiger partial charge in [-0.15, -0.1) is 5.11 Å². The first kappa shape index (κ1) is 42.5. The summed E-state index contributed by atoms with van der Waals surface area (Å²) in [7, 11) is 0. The molecule has 23 nitrogen and oxygen atoms in total. The Morgan fingerprint density at radius 3 is 1.70 bits per heavy atom. The van der Waals surface area contributed by atoms with Crippen LogP contribution in [0.1, 0.15) is 58.1 Å². The van der Waals surface area contributed by atoms with Crippen LogP contribution in [0.4, 0.5) is 46.3 Å². The fraction of sp³-hybridized carbons (Fsp3) is 0.162. The van der Waals surface area contributed by atoms with Gasteiger partial charge in [-0.1, -0.05) is 0 Å². The van der Waals surface area contributed by atoms with Crippen molar-refractivity contribution >= 4 is 70.2 Å². The van der Waals surface area contributed by atoms with Crippen LogP contribution >= 0.6 is 0 Å². The highest BCUT2D eigenvalue weighted by Gasteiger charge is 2.20. The first-order valence-corrected chi connectivity index (χ1v) is 17.2. The number of aliphatic hydroxyl groups is 1. The number of benzene rings is 3. The van der Waals surface area contributed by atoms with Crippen molar-refractivity contribution in [1.82, 2.24) is 19.5 Å². The summed E-state index contributed by atoms with van der Waals surface area (Å²) in [5.41, 5.74) is -1.69. The number of aromatic carboxylic acids is 4. The number of azo groups is 2. The molecule has 0 atom stereocenters. The van der Waals surface area contributed by atoms with Crippen molar-refractivity contribution in [2.24, 2.45) is 20.5 Å². The quantitative estimate of drug-likeness (QED) is 0.0550. The summed E-state index contributed by atoms with van der Waals surface area (Å²) in [4.78, 5) is 72.4. The molecule has 0 saturated carbocycles.